The number of thioether (sulfide) groups is 1. The molecule has 33 heavy (non-hydrogen) atoms. The number of amides is 1. The topological polar surface area (TPSA) is 80.2 Å². The molecule has 0 fully saturated rings. The number of rotatable bonds is 7. The van der Waals surface area contributed by atoms with Crippen LogP contribution in [-0.2, 0) is 14.3 Å². The summed E-state index contributed by atoms with van der Waals surface area (Å²) in [7, 11) is 0. The molecular weight excluding hydrogens is 438 g/mol. The zero-order chi connectivity index (χ0) is 23.4. The molecule has 2 aliphatic heterocycles. The summed E-state index contributed by atoms with van der Waals surface area (Å²) in [5.41, 5.74) is 3.53. The molecule has 0 radical (unpaired) electrons. The Hall–Kier alpha value is -3.52. The highest BCUT2D eigenvalue weighted by atomic mass is 32.2. The second-order valence-corrected chi connectivity index (χ2v) is 8.39. The van der Waals surface area contributed by atoms with Crippen LogP contribution in [0, 0.1) is 6.92 Å². The zero-order valence-corrected chi connectivity index (χ0v) is 19.5. The highest BCUT2D eigenvalue weighted by Crippen LogP contribution is 2.43. The first kappa shape index (κ1) is 22.7. The highest BCUT2D eigenvalue weighted by molar-refractivity contribution is 8.16. The average molecular weight is 464 g/mol. The van der Waals surface area contributed by atoms with Crippen molar-refractivity contribution in [3.63, 3.8) is 0 Å². The SMILES string of the molecule is CCOC(=O)C1=C(C)N=C2SC=CN2[C@H]1c1ccccc1OCC(=O)Nc1ccccc1C. The molecule has 170 valence electrons. The van der Waals surface area contributed by atoms with Crippen molar-refractivity contribution in [3.8, 4) is 5.75 Å². The molecule has 4 rings (SSSR count). The number of aliphatic imine (C=N–C) groups is 1. The Morgan fingerprint density at radius 3 is 2.67 bits per heavy atom. The van der Waals surface area contributed by atoms with Gasteiger partial charge in [0.05, 0.1) is 23.9 Å². The lowest BCUT2D eigenvalue weighted by Gasteiger charge is -2.34. The van der Waals surface area contributed by atoms with Crippen LogP contribution in [0.3, 0.4) is 0 Å². The number of carbonyl (C=O) groups is 2. The first-order valence-corrected chi connectivity index (χ1v) is 11.5. The van der Waals surface area contributed by atoms with E-state index in [-0.39, 0.29) is 19.1 Å². The van der Waals surface area contributed by atoms with Crippen LogP contribution in [0.1, 0.15) is 31.0 Å². The third-order valence-corrected chi connectivity index (χ3v) is 6.08. The molecule has 0 unspecified atom stereocenters. The minimum absolute atomic E-state index is 0.166. The molecule has 7 nitrogen and oxygen atoms in total. The number of nitrogens with one attached hydrogen (secondary N) is 1. The molecule has 2 aromatic carbocycles. The van der Waals surface area contributed by atoms with Gasteiger partial charge in [0.15, 0.2) is 11.8 Å². The summed E-state index contributed by atoms with van der Waals surface area (Å²) in [5.74, 6) is -0.164. The lowest BCUT2D eigenvalue weighted by atomic mass is 9.94. The maximum absolute atomic E-state index is 12.9. The smallest absolute Gasteiger partial charge is 0.338 e. The van der Waals surface area contributed by atoms with E-state index in [0.717, 1.165) is 22.0 Å². The highest BCUT2D eigenvalue weighted by Gasteiger charge is 2.38. The number of nitrogens with zero attached hydrogens (tertiary/aromatic N) is 2. The van der Waals surface area contributed by atoms with E-state index < -0.39 is 12.0 Å². The molecule has 0 aliphatic carbocycles. The average Bonchev–Trinajstić information content (AvgIpc) is 3.27. The van der Waals surface area contributed by atoms with Gasteiger partial charge >= 0.3 is 5.97 Å². The number of hydrogen-bond donors (Lipinski definition) is 1. The van der Waals surface area contributed by atoms with Gasteiger partial charge in [-0.1, -0.05) is 48.2 Å². The van der Waals surface area contributed by atoms with Gasteiger partial charge in [-0.15, -0.1) is 0 Å². The Balaban J connectivity index is 1.61. The van der Waals surface area contributed by atoms with Gasteiger partial charge in [-0.3, -0.25) is 4.79 Å². The summed E-state index contributed by atoms with van der Waals surface area (Å²) in [5, 5.41) is 5.57. The molecular formula is C25H25N3O4S. The molecule has 1 N–H and O–H groups in total. The first-order valence-electron chi connectivity index (χ1n) is 10.6. The maximum atomic E-state index is 12.9. The number of ether oxygens (including phenoxy) is 2. The van der Waals surface area contributed by atoms with Crippen molar-refractivity contribution < 1.29 is 19.1 Å². The number of carbonyl (C=O) groups excluding carboxylic acids is 2. The fraction of sp³-hybridized carbons (Fsp3) is 0.240. The monoisotopic (exact) mass is 463 g/mol. The Morgan fingerprint density at radius 2 is 1.88 bits per heavy atom. The van der Waals surface area contributed by atoms with Crippen LogP contribution in [0.25, 0.3) is 0 Å². The van der Waals surface area contributed by atoms with Crippen LogP contribution < -0.4 is 10.1 Å². The van der Waals surface area contributed by atoms with Crippen molar-refractivity contribution in [2.24, 2.45) is 4.99 Å². The van der Waals surface area contributed by atoms with Crippen molar-refractivity contribution in [1.29, 1.82) is 0 Å². The lowest BCUT2D eigenvalue weighted by molar-refractivity contribution is -0.139. The van der Waals surface area contributed by atoms with Crippen molar-refractivity contribution in [2.45, 2.75) is 26.8 Å². The van der Waals surface area contributed by atoms with Gasteiger partial charge in [-0.2, -0.15) is 0 Å². The van der Waals surface area contributed by atoms with Crippen LogP contribution in [0.15, 0.2) is 76.4 Å². The van der Waals surface area contributed by atoms with Gasteiger partial charge in [-0.25, -0.2) is 9.79 Å². The number of amidine groups is 1. The Kier molecular flexibility index (Phi) is 6.84. The maximum Gasteiger partial charge on any atom is 0.338 e. The van der Waals surface area contributed by atoms with E-state index >= 15 is 0 Å². The van der Waals surface area contributed by atoms with E-state index in [9.17, 15) is 9.59 Å². The molecule has 1 atom stereocenters. The van der Waals surface area contributed by atoms with Gasteiger partial charge in [0.2, 0.25) is 0 Å². The van der Waals surface area contributed by atoms with Crippen molar-refractivity contribution in [2.75, 3.05) is 18.5 Å². The Labute approximate surface area is 197 Å². The second kappa shape index (κ2) is 9.95. The molecule has 0 saturated carbocycles. The van der Waals surface area contributed by atoms with E-state index in [0.29, 0.717) is 17.0 Å². The van der Waals surface area contributed by atoms with Crippen LogP contribution in [0.2, 0.25) is 0 Å². The van der Waals surface area contributed by atoms with Gasteiger partial charge in [0.25, 0.3) is 5.91 Å². The lowest BCUT2D eigenvalue weighted by Crippen LogP contribution is -2.34. The predicted octanol–water partition coefficient (Wildman–Crippen LogP) is 4.78. The van der Waals surface area contributed by atoms with E-state index in [1.165, 1.54) is 11.8 Å². The minimum atomic E-state index is -0.474. The molecule has 0 saturated heterocycles. The molecule has 1 amide bonds. The molecule has 2 aromatic rings. The van der Waals surface area contributed by atoms with E-state index in [1.807, 2.05) is 72.8 Å². The third kappa shape index (κ3) is 4.80. The summed E-state index contributed by atoms with van der Waals surface area (Å²) >= 11 is 1.49. The van der Waals surface area contributed by atoms with E-state index in [1.54, 1.807) is 13.0 Å². The first-order chi connectivity index (χ1) is 16.0. The van der Waals surface area contributed by atoms with Crippen LogP contribution in [0.5, 0.6) is 5.75 Å². The van der Waals surface area contributed by atoms with Gasteiger partial charge in [0.1, 0.15) is 5.75 Å². The summed E-state index contributed by atoms with van der Waals surface area (Å²) in [6.07, 6.45) is 1.89. The zero-order valence-electron chi connectivity index (χ0n) is 18.7. The third-order valence-electron chi connectivity index (χ3n) is 5.31. The summed E-state index contributed by atoms with van der Waals surface area (Å²) in [6.45, 7) is 5.61. The molecule has 0 spiro atoms. The Bertz CT molecular complexity index is 1170. The summed E-state index contributed by atoms with van der Waals surface area (Å²) < 4.78 is 11.3. The number of allylic oxidation sites excluding steroid dienone is 1. The summed E-state index contributed by atoms with van der Waals surface area (Å²) in [6, 6.07) is 14.5. The van der Waals surface area contributed by atoms with E-state index in [4.69, 9.17) is 9.47 Å². The minimum Gasteiger partial charge on any atom is -0.483 e. The molecule has 0 aromatic heterocycles. The number of hydrogen-bond acceptors (Lipinski definition) is 7. The number of aryl methyl sites for hydroxylation is 1. The van der Waals surface area contributed by atoms with Gasteiger partial charge in [-0.05, 0) is 43.9 Å². The standard InChI is InChI=1S/C25H25N3O4S/c1-4-31-24(30)22-17(3)26-25-28(13-14-33-25)23(22)18-10-6-8-12-20(18)32-15-21(29)27-19-11-7-5-9-16(19)2/h5-14,23H,4,15H2,1-3H3,(H,27,29)/t23-/m0/s1. The molecule has 2 aliphatic rings. The molecule has 8 heteroatoms. The normalized spacial score (nSPS) is 16.9. The van der Waals surface area contributed by atoms with Crippen LogP contribution >= 0.6 is 11.8 Å². The number of benzene rings is 2. The summed E-state index contributed by atoms with van der Waals surface area (Å²) in [4.78, 5) is 31.9. The van der Waals surface area contributed by atoms with Crippen molar-refractivity contribution in [3.05, 3.63) is 82.5 Å². The van der Waals surface area contributed by atoms with Crippen molar-refractivity contribution >= 4 is 34.5 Å². The van der Waals surface area contributed by atoms with Gasteiger partial charge in [0, 0.05) is 17.5 Å². The number of fused-ring (bicyclic) bond motifs is 1. The Morgan fingerprint density at radius 1 is 1.12 bits per heavy atom. The second-order valence-electron chi connectivity index (χ2n) is 7.52. The number of anilines is 1. The largest absolute Gasteiger partial charge is 0.483 e. The van der Waals surface area contributed by atoms with E-state index in [2.05, 4.69) is 10.3 Å². The van der Waals surface area contributed by atoms with Crippen molar-refractivity contribution in [1.82, 2.24) is 4.90 Å². The molecule has 0 bridgehead atoms. The molecule has 2 heterocycles. The van der Waals surface area contributed by atoms with Gasteiger partial charge < -0.3 is 19.7 Å². The van der Waals surface area contributed by atoms with Crippen LogP contribution in [-0.4, -0.2) is 35.2 Å². The number of para-hydroxylation sites is 2. The van der Waals surface area contributed by atoms with Crippen LogP contribution in [0.4, 0.5) is 5.69 Å². The quantitative estimate of drug-likeness (QED) is 0.595. The number of esters is 1. The fourth-order valence-electron chi connectivity index (χ4n) is 3.76. The fourth-order valence-corrected chi connectivity index (χ4v) is 4.55. The predicted molar refractivity (Wildman–Crippen MR) is 130 cm³/mol.